The molecule has 0 saturated carbocycles. The number of hydrogen-bond acceptors (Lipinski definition) is 2. The van der Waals surface area contributed by atoms with Crippen molar-refractivity contribution in [2.45, 2.75) is 0 Å². The Morgan fingerprint density at radius 2 is 2.07 bits per heavy atom. The molecular weight excluding hydrogens is 279 g/mol. The molecule has 1 atom stereocenters. The first kappa shape index (κ1) is 10.5. The summed E-state index contributed by atoms with van der Waals surface area (Å²) in [5.74, 6) is 0. The van der Waals surface area contributed by atoms with Gasteiger partial charge in [-0.3, -0.25) is 10.1 Å². The summed E-state index contributed by atoms with van der Waals surface area (Å²) in [7, 11) is 2.45. The lowest BCUT2D eigenvalue weighted by Crippen LogP contribution is -2.16. The highest BCUT2D eigenvalue weighted by molar-refractivity contribution is 9.10. The highest BCUT2D eigenvalue weighted by atomic mass is 79.9. The summed E-state index contributed by atoms with van der Waals surface area (Å²) in [6, 6.07) is 5.02. The van der Waals surface area contributed by atoms with Gasteiger partial charge >= 0.3 is 0 Å². The molecule has 1 aromatic heterocycles. The van der Waals surface area contributed by atoms with E-state index < -0.39 is 0 Å². The molecule has 0 saturated heterocycles. The van der Waals surface area contributed by atoms with Crippen LogP contribution in [0.4, 0.5) is 5.69 Å². The van der Waals surface area contributed by atoms with Crippen LogP contribution in [0.5, 0.6) is 0 Å². The number of non-ortho nitro benzene ring substituents is 1. The van der Waals surface area contributed by atoms with Crippen molar-refractivity contribution in [3.05, 3.63) is 45.2 Å². The molecule has 0 aliphatic rings. The van der Waals surface area contributed by atoms with E-state index in [1.807, 2.05) is 12.3 Å². The van der Waals surface area contributed by atoms with E-state index in [-0.39, 0.29) is 10.6 Å². The number of nitrogens with zero attached hydrogens (tertiary/aromatic N) is 2. The summed E-state index contributed by atoms with van der Waals surface area (Å²) < 4.78 is 2.57. The van der Waals surface area contributed by atoms with Gasteiger partial charge in [0.15, 0.2) is 21.8 Å². The number of nitro groups is 1. The maximum atomic E-state index is 10.8. The molecule has 0 aliphatic heterocycles. The maximum absolute atomic E-state index is 10.8. The predicted molar refractivity (Wildman–Crippen MR) is 63.6 cm³/mol. The minimum Gasteiger partial charge on any atom is -0.258 e. The van der Waals surface area contributed by atoms with E-state index in [4.69, 9.17) is 0 Å². The minimum absolute atomic E-state index is 0.116. The Labute approximate surface area is 96.4 Å². The van der Waals surface area contributed by atoms with Gasteiger partial charge in [0.05, 0.1) is 4.92 Å². The van der Waals surface area contributed by atoms with Crippen molar-refractivity contribution in [1.29, 1.82) is 0 Å². The third kappa shape index (κ3) is 1.85. The van der Waals surface area contributed by atoms with Gasteiger partial charge in [0, 0.05) is 22.0 Å². The first-order valence-corrected chi connectivity index (χ1v) is 5.43. The van der Waals surface area contributed by atoms with Crippen molar-refractivity contribution in [3.63, 3.8) is 0 Å². The molecule has 1 heterocycles. The zero-order valence-electron chi connectivity index (χ0n) is 7.55. The second kappa shape index (κ2) is 3.83. The van der Waals surface area contributed by atoms with Gasteiger partial charge < -0.3 is 0 Å². The SMILES string of the molecule is O=[N+]([O-])c1ccc(Br)c2cc[n+](P)cc12. The van der Waals surface area contributed by atoms with Crippen LogP contribution < -0.4 is 4.34 Å². The summed E-state index contributed by atoms with van der Waals surface area (Å²) in [6.45, 7) is 0. The molecule has 1 unspecified atom stereocenters. The van der Waals surface area contributed by atoms with Crippen molar-refractivity contribution in [2.75, 3.05) is 0 Å². The van der Waals surface area contributed by atoms with Crippen LogP contribution in [-0.2, 0) is 0 Å². The van der Waals surface area contributed by atoms with Crippen molar-refractivity contribution in [2.24, 2.45) is 0 Å². The molecule has 0 spiro atoms. The largest absolute Gasteiger partial charge is 0.283 e. The maximum Gasteiger partial charge on any atom is 0.283 e. The Bertz CT molecular complexity index is 559. The van der Waals surface area contributed by atoms with Crippen molar-refractivity contribution in [1.82, 2.24) is 0 Å². The zero-order chi connectivity index (χ0) is 11.0. The highest BCUT2D eigenvalue weighted by Crippen LogP contribution is 2.30. The smallest absolute Gasteiger partial charge is 0.258 e. The number of fused-ring (bicyclic) bond motifs is 1. The van der Waals surface area contributed by atoms with Gasteiger partial charge in [-0.2, -0.15) is 4.34 Å². The second-order valence-corrected chi connectivity index (χ2v) is 4.49. The van der Waals surface area contributed by atoms with Crippen LogP contribution in [-0.4, -0.2) is 4.92 Å². The third-order valence-electron chi connectivity index (χ3n) is 2.10. The lowest BCUT2D eigenvalue weighted by atomic mass is 10.1. The Balaban J connectivity index is 2.90. The molecule has 1 aromatic carbocycles. The average molecular weight is 286 g/mol. The van der Waals surface area contributed by atoms with Crippen molar-refractivity contribution >= 4 is 41.8 Å². The topological polar surface area (TPSA) is 47.0 Å². The Morgan fingerprint density at radius 1 is 1.33 bits per heavy atom. The molecule has 6 heteroatoms. The highest BCUT2D eigenvalue weighted by Gasteiger charge is 2.15. The number of rotatable bonds is 1. The quantitative estimate of drug-likeness (QED) is 0.459. The number of pyridine rings is 1. The van der Waals surface area contributed by atoms with E-state index in [0.29, 0.717) is 5.39 Å². The number of benzene rings is 1. The standard InChI is InChI=1S/C9H7BrN2O2P/c10-8-1-2-9(12(13)14)7-5-11(15)4-3-6(7)8/h1-5H,15H2/q+1. The van der Waals surface area contributed by atoms with Crippen molar-refractivity contribution in [3.8, 4) is 0 Å². The average Bonchev–Trinajstić information content (AvgIpc) is 2.17. The first-order valence-electron chi connectivity index (χ1n) is 4.12. The molecular formula is C9H7BrN2O2P+. The predicted octanol–water partition coefficient (Wildman–Crippen LogP) is 2.44. The fraction of sp³-hybridized carbons (Fsp3) is 0. The van der Waals surface area contributed by atoms with Crippen molar-refractivity contribution < 1.29 is 9.26 Å². The number of hydrogen-bond donors (Lipinski definition) is 0. The molecule has 0 fully saturated rings. The van der Waals surface area contributed by atoms with E-state index in [1.54, 1.807) is 16.6 Å². The Morgan fingerprint density at radius 3 is 2.73 bits per heavy atom. The second-order valence-electron chi connectivity index (χ2n) is 3.04. The molecule has 0 radical (unpaired) electrons. The molecule has 15 heavy (non-hydrogen) atoms. The van der Waals surface area contributed by atoms with Crippen LogP contribution in [0.2, 0.25) is 0 Å². The normalized spacial score (nSPS) is 10.5. The van der Waals surface area contributed by atoms with Crippen LogP contribution in [0.15, 0.2) is 35.1 Å². The third-order valence-corrected chi connectivity index (χ3v) is 3.11. The monoisotopic (exact) mass is 285 g/mol. The van der Waals surface area contributed by atoms with Crippen LogP contribution in [0.1, 0.15) is 0 Å². The summed E-state index contributed by atoms with van der Waals surface area (Å²) in [5, 5.41) is 12.3. The number of nitro benzene ring substituents is 1. The van der Waals surface area contributed by atoms with Gasteiger partial charge in [-0.1, -0.05) is 15.9 Å². The lowest BCUT2D eigenvalue weighted by Gasteiger charge is -1.99. The lowest BCUT2D eigenvalue weighted by molar-refractivity contribution is -0.497. The molecule has 0 amide bonds. The fourth-order valence-electron chi connectivity index (χ4n) is 1.42. The van der Waals surface area contributed by atoms with Gasteiger partial charge in [0.1, 0.15) is 5.39 Å². The van der Waals surface area contributed by atoms with Gasteiger partial charge in [0.2, 0.25) is 0 Å². The Kier molecular flexibility index (Phi) is 2.67. The molecule has 4 nitrogen and oxygen atoms in total. The number of aromatic nitrogens is 1. The van der Waals surface area contributed by atoms with Gasteiger partial charge in [-0.05, 0) is 6.07 Å². The van der Waals surface area contributed by atoms with Crippen LogP contribution >= 0.6 is 25.3 Å². The zero-order valence-corrected chi connectivity index (χ0v) is 10.3. The van der Waals surface area contributed by atoms with E-state index in [2.05, 4.69) is 25.3 Å². The molecule has 2 aromatic rings. The van der Waals surface area contributed by atoms with E-state index in [9.17, 15) is 10.1 Å². The molecule has 0 N–H and O–H groups in total. The van der Waals surface area contributed by atoms with E-state index >= 15 is 0 Å². The summed E-state index contributed by atoms with van der Waals surface area (Å²) >= 11 is 3.37. The van der Waals surface area contributed by atoms with E-state index in [0.717, 1.165) is 9.86 Å². The van der Waals surface area contributed by atoms with Crippen LogP contribution in [0.3, 0.4) is 0 Å². The Hall–Kier alpha value is -1.06. The summed E-state index contributed by atoms with van der Waals surface area (Å²) in [6.07, 6.45) is 3.53. The van der Waals surface area contributed by atoms with E-state index in [1.165, 1.54) is 6.07 Å². The molecule has 76 valence electrons. The molecule has 2 rings (SSSR count). The molecule has 0 bridgehead atoms. The van der Waals surface area contributed by atoms with Gasteiger partial charge in [-0.25, -0.2) is 0 Å². The van der Waals surface area contributed by atoms with Crippen LogP contribution in [0.25, 0.3) is 10.8 Å². The summed E-state index contributed by atoms with van der Waals surface area (Å²) in [5.41, 5.74) is 0.116. The summed E-state index contributed by atoms with van der Waals surface area (Å²) in [4.78, 5) is 10.4. The first-order chi connectivity index (χ1) is 7.09. The minimum atomic E-state index is -0.376. The molecule has 0 aliphatic carbocycles. The van der Waals surface area contributed by atoms with Gasteiger partial charge in [0.25, 0.3) is 5.69 Å². The van der Waals surface area contributed by atoms with Gasteiger partial charge in [-0.15, -0.1) is 0 Å². The van der Waals surface area contributed by atoms with Crippen LogP contribution in [0, 0.1) is 10.1 Å². The fourth-order valence-corrected chi connectivity index (χ4v) is 2.13. The number of halogens is 1.